The van der Waals surface area contributed by atoms with E-state index in [1.807, 2.05) is 52.0 Å². The fourth-order valence-electron chi connectivity index (χ4n) is 2.26. The Bertz CT molecular complexity index is 709. The fraction of sp³-hybridized carbons (Fsp3) is 0.450. The van der Waals surface area contributed by atoms with E-state index in [2.05, 4.69) is 15.3 Å². The van der Waals surface area contributed by atoms with Crippen molar-refractivity contribution in [3.8, 4) is 11.5 Å². The molecule has 0 radical (unpaired) electrons. The first-order chi connectivity index (χ1) is 12.4. The predicted molar refractivity (Wildman–Crippen MR) is 102 cm³/mol. The molecule has 140 valence electrons. The van der Waals surface area contributed by atoms with Crippen LogP contribution in [0.25, 0.3) is 0 Å². The second kappa shape index (κ2) is 9.17. The van der Waals surface area contributed by atoms with Crippen LogP contribution in [0.3, 0.4) is 0 Å². The van der Waals surface area contributed by atoms with E-state index in [4.69, 9.17) is 9.47 Å². The standard InChI is InChI=1S/C20H27N3O3/c1-5-25-16-9-6-7-10-17(16)26-12-8-11-18(24)23-15-13-21-19(22-14-15)20(2,3)4/h6-7,9-10,13-14H,5,8,11-12H2,1-4H3,(H,23,24). The van der Waals surface area contributed by atoms with Crippen molar-refractivity contribution in [3.63, 3.8) is 0 Å². The van der Waals surface area contributed by atoms with Gasteiger partial charge in [0.25, 0.3) is 0 Å². The van der Waals surface area contributed by atoms with E-state index >= 15 is 0 Å². The van der Waals surface area contributed by atoms with Crippen molar-refractivity contribution in [2.75, 3.05) is 18.5 Å². The largest absolute Gasteiger partial charge is 0.490 e. The molecule has 0 saturated carbocycles. The second-order valence-corrected chi connectivity index (χ2v) is 6.93. The van der Waals surface area contributed by atoms with E-state index in [0.29, 0.717) is 37.5 Å². The Morgan fingerprint density at radius 1 is 1.08 bits per heavy atom. The van der Waals surface area contributed by atoms with Crippen LogP contribution < -0.4 is 14.8 Å². The molecule has 2 aromatic rings. The molecule has 0 aliphatic rings. The van der Waals surface area contributed by atoms with Crippen LogP contribution >= 0.6 is 0 Å². The molecular weight excluding hydrogens is 330 g/mol. The zero-order valence-electron chi connectivity index (χ0n) is 15.9. The molecule has 6 heteroatoms. The van der Waals surface area contributed by atoms with Crippen LogP contribution in [0.5, 0.6) is 11.5 Å². The predicted octanol–water partition coefficient (Wildman–Crippen LogP) is 3.97. The minimum atomic E-state index is -0.113. The van der Waals surface area contributed by atoms with E-state index in [-0.39, 0.29) is 11.3 Å². The van der Waals surface area contributed by atoms with Crippen molar-refractivity contribution >= 4 is 11.6 Å². The highest BCUT2D eigenvalue weighted by molar-refractivity contribution is 5.90. The van der Waals surface area contributed by atoms with Crippen LogP contribution in [0.15, 0.2) is 36.7 Å². The minimum Gasteiger partial charge on any atom is -0.490 e. The number of benzene rings is 1. The molecule has 2 rings (SSSR count). The number of para-hydroxylation sites is 2. The van der Waals surface area contributed by atoms with Gasteiger partial charge in [-0.05, 0) is 25.5 Å². The SMILES string of the molecule is CCOc1ccccc1OCCCC(=O)Nc1cnc(C(C)(C)C)nc1. The van der Waals surface area contributed by atoms with Gasteiger partial charge < -0.3 is 14.8 Å². The third-order valence-corrected chi connectivity index (χ3v) is 3.56. The molecule has 0 spiro atoms. The van der Waals surface area contributed by atoms with Gasteiger partial charge in [0.2, 0.25) is 5.91 Å². The van der Waals surface area contributed by atoms with Crippen LogP contribution in [-0.4, -0.2) is 29.1 Å². The summed E-state index contributed by atoms with van der Waals surface area (Å²) in [5.41, 5.74) is 0.489. The molecule has 0 aliphatic carbocycles. The summed E-state index contributed by atoms with van der Waals surface area (Å²) in [6.45, 7) is 9.09. The molecular formula is C20H27N3O3. The summed E-state index contributed by atoms with van der Waals surface area (Å²) in [6, 6.07) is 7.52. The number of carbonyl (C=O) groups is 1. The summed E-state index contributed by atoms with van der Waals surface area (Å²) < 4.78 is 11.2. The number of carbonyl (C=O) groups excluding carboxylic acids is 1. The van der Waals surface area contributed by atoms with Crippen molar-refractivity contribution in [1.29, 1.82) is 0 Å². The first-order valence-electron chi connectivity index (χ1n) is 8.87. The smallest absolute Gasteiger partial charge is 0.224 e. The van der Waals surface area contributed by atoms with Gasteiger partial charge in [-0.3, -0.25) is 4.79 Å². The molecule has 1 amide bonds. The molecule has 1 aromatic carbocycles. The third kappa shape index (κ3) is 6.02. The second-order valence-electron chi connectivity index (χ2n) is 6.93. The average Bonchev–Trinajstić information content (AvgIpc) is 2.60. The number of hydrogen-bond donors (Lipinski definition) is 1. The Morgan fingerprint density at radius 2 is 1.69 bits per heavy atom. The van der Waals surface area contributed by atoms with Gasteiger partial charge in [0, 0.05) is 11.8 Å². The lowest BCUT2D eigenvalue weighted by Crippen LogP contribution is -2.17. The summed E-state index contributed by atoms with van der Waals surface area (Å²) in [7, 11) is 0. The van der Waals surface area contributed by atoms with E-state index < -0.39 is 0 Å². The van der Waals surface area contributed by atoms with Crippen molar-refractivity contribution < 1.29 is 14.3 Å². The molecule has 6 nitrogen and oxygen atoms in total. The first-order valence-corrected chi connectivity index (χ1v) is 8.87. The van der Waals surface area contributed by atoms with Gasteiger partial charge in [-0.15, -0.1) is 0 Å². The highest BCUT2D eigenvalue weighted by atomic mass is 16.5. The summed E-state index contributed by atoms with van der Waals surface area (Å²) in [5.74, 6) is 2.08. The van der Waals surface area contributed by atoms with Crippen molar-refractivity contribution in [1.82, 2.24) is 9.97 Å². The summed E-state index contributed by atoms with van der Waals surface area (Å²) in [6.07, 6.45) is 4.24. The summed E-state index contributed by atoms with van der Waals surface area (Å²) in [5, 5.41) is 2.81. The minimum absolute atomic E-state index is 0.0844. The molecule has 0 bridgehead atoms. The number of anilines is 1. The van der Waals surface area contributed by atoms with Crippen LogP contribution in [0, 0.1) is 0 Å². The van der Waals surface area contributed by atoms with E-state index in [0.717, 1.165) is 11.6 Å². The van der Waals surface area contributed by atoms with Gasteiger partial charge in [-0.1, -0.05) is 32.9 Å². The normalized spacial score (nSPS) is 11.1. The lowest BCUT2D eigenvalue weighted by molar-refractivity contribution is -0.116. The van der Waals surface area contributed by atoms with Crippen molar-refractivity contribution in [2.24, 2.45) is 0 Å². The molecule has 1 aromatic heterocycles. The Kier molecular flexibility index (Phi) is 6.95. The van der Waals surface area contributed by atoms with Crippen molar-refractivity contribution in [2.45, 2.75) is 46.0 Å². The van der Waals surface area contributed by atoms with Crippen LogP contribution in [0.4, 0.5) is 5.69 Å². The maximum Gasteiger partial charge on any atom is 0.224 e. The highest BCUT2D eigenvalue weighted by Crippen LogP contribution is 2.26. The van der Waals surface area contributed by atoms with Gasteiger partial charge in [0.15, 0.2) is 11.5 Å². The third-order valence-electron chi connectivity index (χ3n) is 3.56. The zero-order valence-corrected chi connectivity index (χ0v) is 15.9. The number of rotatable bonds is 8. The average molecular weight is 357 g/mol. The number of nitrogens with one attached hydrogen (secondary N) is 1. The number of aromatic nitrogens is 2. The summed E-state index contributed by atoms with van der Waals surface area (Å²) in [4.78, 5) is 20.6. The topological polar surface area (TPSA) is 73.3 Å². The monoisotopic (exact) mass is 357 g/mol. The molecule has 0 saturated heterocycles. The van der Waals surface area contributed by atoms with Gasteiger partial charge in [-0.2, -0.15) is 0 Å². The number of amides is 1. The lowest BCUT2D eigenvalue weighted by Gasteiger charge is -2.16. The zero-order chi connectivity index (χ0) is 19.0. The molecule has 1 N–H and O–H groups in total. The maximum absolute atomic E-state index is 12.0. The molecule has 0 unspecified atom stereocenters. The molecule has 0 atom stereocenters. The number of ether oxygens (including phenoxy) is 2. The van der Waals surface area contributed by atoms with Crippen LogP contribution in [0.1, 0.15) is 46.4 Å². The quantitative estimate of drug-likeness (QED) is 0.724. The highest BCUT2D eigenvalue weighted by Gasteiger charge is 2.16. The van der Waals surface area contributed by atoms with Gasteiger partial charge in [0.1, 0.15) is 5.82 Å². The van der Waals surface area contributed by atoms with E-state index in [1.54, 1.807) is 12.4 Å². The molecule has 26 heavy (non-hydrogen) atoms. The van der Waals surface area contributed by atoms with Crippen molar-refractivity contribution in [3.05, 3.63) is 42.5 Å². The van der Waals surface area contributed by atoms with Gasteiger partial charge in [0.05, 0.1) is 31.3 Å². The molecule has 1 heterocycles. The summed E-state index contributed by atoms with van der Waals surface area (Å²) >= 11 is 0. The Labute approximate surface area is 155 Å². The molecule has 0 aliphatic heterocycles. The first kappa shape index (κ1) is 19.7. The Morgan fingerprint density at radius 3 is 2.27 bits per heavy atom. The van der Waals surface area contributed by atoms with Crippen LogP contribution in [0.2, 0.25) is 0 Å². The fourth-order valence-corrected chi connectivity index (χ4v) is 2.26. The Balaban J connectivity index is 1.76. The molecule has 0 fully saturated rings. The number of hydrogen-bond acceptors (Lipinski definition) is 5. The van der Waals surface area contributed by atoms with Gasteiger partial charge in [-0.25, -0.2) is 9.97 Å². The maximum atomic E-state index is 12.0. The Hall–Kier alpha value is -2.63. The van der Waals surface area contributed by atoms with Crippen LogP contribution in [-0.2, 0) is 10.2 Å². The van der Waals surface area contributed by atoms with E-state index in [9.17, 15) is 4.79 Å². The van der Waals surface area contributed by atoms with E-state index in [1.165, 1.54) is 0 Å². The lowest BCUT2D eigenvalue weighted by atomic mass is 9.96. The number of nitrogens with zero attached hydrogens (tertiary/aromatic N) is 2. The van der Waals surface area contributed by atoms with Gasteiger partial charge >= 0.3 is 0 Å².